The number of carbonyl (C=O) groups is 1. The van der Waals surface area contributed by atoms with Gasteiger partial charge in [-0.1, -0.05) is 0 Å². The summed E-state index contributed by atoms with van der Waals surface area (Å²) in [6.45, 7) is 1.81. The van der Waals surface area contributed by atoms with Gasteiger partial charge >= 0.3 is 5.97 Å². The number of rotatable bonds is 2. The van der Waals surface area contributed by atoms with E-state index in [2.05, 4.69) is 15.9 Å². The predicted molar refractivity (Wildman–Crippen MR) is 54.8 cm³/mol. The molecule has 0 aliphatic heterocycles. The molecule has 0 saturated heterocycles. The summed E-state index contributed by atoms with van der Waals surface area (Å²) < 4.78 is 18.2. The molecule has 0 spiro atoms. The molecule has 0 atom stereocenters. The molecule has 0 aliphatic rings. The van der Waals surface area contributed by atoms with Crippen LogP contribution in [0.5, 0.6) is 0 Å². The number of carbonyl (C=O) groups excluding carboxylic acids is 1. The molecule has 1 aromatic rings. The lowest BCUT2D eigenvalue weighted by atomic mass is 10.1. The Hall–Kier alpha value is -1.41. The molecule has 5 heteroatoms. The van der Waals surface area contributed by atoms with E-state index < -0.39 is 11.8 Å². The minimum atomic E-state index is -0.733. The summed E-state index contributed by atoms with van der Waals surface area (Å²) in [5, 5.41) is 8.72. The monoisotopic (exact) mass is 271 g/mol. The number of esters is 1. The molecule has 0 radical (unpaired) electrons. The number of hydrogen-bond acceptors (Lipinski definition) is 3. The van der Waals surface area contributed by atoms with E-state index in [1.54, 1.807) is 13.0 Å². The first-order chi connectivity index (χ1) is 7.11. The highest BCUT2D eigenvalue weighted by molar-refractivity contribution is 9.10. The Morgan fingerprint density at radius 1 is 1.67 bits per heavy atom. The van der Waals surface area contributed by atoms with E-state index in [0.29, 0.717) is 4.47 Å². The Balaban J connectivity index is 3.33. The summed E-state index contributed by atoms with van der Waals surface area (Å²) in [7, 11) is 0. The van der Waals surface area contributed by atoms with Crippen molar-refractivity contribution in [3.8, 4) is 6.07 Å². The largest absolute Gasteiger partial charge is 0.462 e. The van der Waals surface area contributed by atoms with Crippen molar-refractivity contribution in [3.63, 3.8) is 0 Å². The van der Waals surface area contributed by atoms with E-state index in [-0.39, 0.29) is 17.7 Å². The maximum Gasteiger partial charge on any atom is 0.340 e. The van der Waals surface area contributed by atoms with Gasteiger partial charge < -0.3 is 4.74 Å². The molecule has 0 saturated carbocycles. The molecule has 0 amide bonds. The van der Waals surface area contributed by atoms with Crippen LogP contribution in [0.3, 0.4) is 0 Å². The van der Waals surface area contributed by atoms with Crippen LogP contribution in [0.4, 0.5) is 4.39 Å². The maximum atomic E-state index is 13.2. The molecule has 1 rings (SSSR count). The van der Waals surface area contributed by atoms with Crippen molar-refractivity contribution >= 4 is 21.9 Å². The Bertz CT molecular complexity index is 440. The first-order valence-corrected chi connectivity index (χ1v) is 4.96. The zero-order chi connectivity index (χ0) is 11.4. The summed E-state index contributed by atoms with van der Waals surface area (Å²) in [5.74, 6) is -1.44. The van der Waals surface area contributed by atoms with Crippen LogP contribution in [0.25, 0.3) is 0 Å². The lowest BCUT2D eigenvalue weighted by Gasteiger charge is -2.06. The second kappa shape index (κ2) is 4.89. The van der Waals surface area contributed by atoms with Crippen molar-refractivity contribution in [2.24, 2.45) is 0 Å². The van der Waals surface area contributed by atoms with Gasteiger partial charge in [0.2, 0.25) is 0 Å². The van der Waals surface area contributed by atoms with Gasteiger partial charge in [0.25, 0.3) is 0 Å². The van der Waals surface area contributed by atoms with E-state index in [0.717, 1.165) is 6.07 Å². The number of nitriles is 1. The highest BCUT2D eigenvalue weighted by Gasteiger charge is 2.19. The van der Waals surface area contributed by atoms with Gasteiger partial charge in [0, 0.05) is 4.47 Å². The molecule has 1 aromatic carbocycles. The number of benzene rings is 1. The third-order valence-electron chi connectivity index (χ3n) is 1.70. The van der Waals surface area contributed by atoms with E-state index in [9.17, 15) is 9.18 Å². The van der Waals surface area contributed by atoms with Crippen molar-refractivity contribution in [2.75, 3.05) is 6.61 Å². The van der Waals surface area contributed by atoms with Gasteiger partial charge in [-0.3, -0.25) is 0 Å². The van der Waals surface area contributed by atoms with Crippen molar-refractivity contribution < 1.29 is 13.9 Å². The lowest BCUT2D eigenvalue weighted by Crippen LogP contribution is -2.09. The van der Waals surface area contributed by atoms with Crippen LogP contribution in [0.1, 0.15) is 22.8 Å². The molecule has 0 fully saturated rings. The minimum absolute atomic E-state index is 0.0700. The van der Waals surface area contributed by atoms with Crippen LogP contribution in [0, 0.1) is 17.1 Å². The van der Waals surface area contributed by atoms with Gasteiger partial charge in [0.1, 0.15) is 17.4 Å². The number of halogens is 2. The van der Waals surface area contributed by atoms with Crippen LogP contribution in [-0.4, -0.2) is 12.6 Å². The standard InChI is InChI=1S/C10H7BrFNO2/c1-2-15-10(14)9-6(5-13)8(12)4-3-7(9)11/h3-4H,2H2,1H3. The molecule has 0 aromatic heterocycles. The SMILES string of the molecule is CCOC(=O)c1c(Br)ccc(F)c1C#N. The van der Waals surface area contributed by atoms with Crippen LogP contribution in [0.15, 0.2) is 16.6 Å². The molecular formula is C10H7BrFNO2. The topological polar surface area (TPSA) is 50.1 Å². The maximum absolute atomic E-state index is 13.2. The molecule has 0 unspecified atom stereocenters. The van der Waals surface area contributed by atoms with Gasteiger partial charge in [-0.15, -0.1) is 0 Å². The van der Waals surface area contributed by atoms with Crippen LogP contribution in [0.2, 0.25) is 0 Å². The van der Waals surface area contributed by atoms with E-state index in [1.807, 2.05) is 0 Å². The van der Waals surface area contributed by atoms with E-state index >= 15 is 0 Å². The molecular weight excluding hydrogens is 265 g/mol. The third-order valence-corrected chi connectivity index (χ3v) is 2.36. The molecule has 0 heterocycles. The van der Waals surface area contributed by atoms with Gasteiger partial charge in [0.05, 0.1) is 12.2 Å². The number of hydrogen-bond donors (Lipinski definition) is 0. The van der Waals surface area contributed by atoms with Crippen molar-refractivity contribution in [1.29, 1.82) is 5.26 Å². The molecule has 3 nitrogen and oxygen atoms in total. The quantitative estimate of drug-likeness (QED) is 0.777. The van der Waals surface area contributed by atoms with E-state index in [4.69, 9.17) is 10.00 Å². The fraction of sp³-hybridized carbons (Fsp3) is 0.200. The van der Waals surface area contributed by atoms with Gasteiger partial charge in [0.15, 0.2) is 0 Å². The van der Waals surface area contributed by atoms with Gasteiger partial charge in [-0.2, -0.15) is 5.26 Å². The Morgan fingerprint density at radius 3 is 2.87 bits per heavy atom. The average Bonchev–Trinajstić information content (AvgIpc) is 2.21. The molecule has 0 bridgehead atoms. The van der Waals surface area contributed by atoms with Crippen LogP contribution < -0.4 is 0 Å². The predicted octanol–water partition coefficient (Wildman–Crippen LogP) is 2.64. The Kier molecular flexibility index (Phi) is 3.81. The normalized spacial score (nSPS) is 9.47. The lowest BCUT2D eigenvalue weighted by molar-refractivity contribution is 0.0524. The molecule has 78 valence electrons. The Morgan fingerprint density at radius 2 is 2.33 bits per heavy atom. The van der Waals surface area contributed by atoms with E-state index in [1.165, 1.54) is 6.07 Å². The summed E-state index contributed by atoms with van der Waals surface area (Å²) in [6, 6.07) is 4.12. The zero-order valence-corrected chi connectivity index (χ0v) is 9.47. The van der Waals surface area contributed by atoms with Gasteiger partial charge in [-0.05, 0) is 35.0 Å². The number of ether oxygens (including phenoxy) is 1. The zero-order valence-electron chi connectivity index (χ0n) is 7.88. The van der Waals surface area contributed by atoms with Crippen molar-refractivity contribution in [1.82, 2.24) is 0 Å². The fourth-order valence-electron chi connectivity index (χ4n) is 1.06. The average molecular weight is 272 g/mol. The summed E-state index contributed by atoms with van der Waals surface area (Å²) in [4.78, 5) is 11.4. The summed E-state index contributed by atoms with van der Waals surface area (Å²) in [5.41, 5.74) is -0.373. The fourth-order valence-corrected chi connectivity index (χ4v) is 1.56. The third kappa shape index (κ3) is 2.34. The summed E-state index contributed by atoms with van der Waals surface area (Å²) >= 11 is 3.07. The molecule has 15 heavy (non-hydrogen) atoms. The highest BCUT2D eigenvalue weighted by atomic mass is 79.9. The summed E-state index contributed by atoms with van der Waals surface area (Å²) in [6.07, 6.45) is 0. The van der Waals surface area contributed by atoms with Crippen molar-refractivity contribution in [2.45, 2.75) is 6.92 Å². The van der Waals surface area contributed by atoms with Crippen LogP contribution >= 0.6 is 15.9 Å². The number of nitrogens with zero attached hydrogens (tertiary/aromatic N) is 1. The molecule has 0 N–H and O–H groups in total. The molecule has 0 aliphatic carbocycles. The second-order valence-corrected chi connectivity index (χ2v) is 3.47. The van der Waals surface area contributed by atoms with Crippen LogP contribution in [-0.2, 0) is 4.74 Å². The highest BCUT2D eigenvalue weighted by Crippen LogP contribution is 2.23. The Labute approximate surface area is 94.6 Å². The second-order valence-electron chi connectivity index (χ2n) is 2.61. The smallest absolute Gasteiger partial charge is 0.340 e. The first-order valence-electron chi connectivity index (χ1n) is 4.17. The minimum Gasteiger partial charge on any atom is -0.462 e. The van der Waals surface area contributed by atoms with Gasteiger partial charge in [-0.25, -0.2) is 9.18 Å². The van der Waals surface area contributed by atoms with Crippen molar-refractivity contribution in [3.05, 3.63) is 33.5 Å². The first kappa shape index (κ1) is 11.7.